The number of nitrogens with zero attached hydrogens (tertiary/aromatic N) is 4. The van der Waals surface area contributed by atoms with E-state index in [9.17, 15) is 9.90 Å². The van der Waals surface area contributed by atoms with Crippen molar-refractivity contribution in [2.75, 3.05) is 44.9 Å². The van der Waals surface area contributed by atoms with E-state index in [1.807, 2.05) is 19.2 Å². The number of pyridine rings is 1. The van der Waals surface area contributed by atoms with Crippen molar-refractivity contribution in [3.8, 4) is 11.8 Å². The zero-order valence-electron chi connectivity index (χ0n) is 21.5. The molecule has 0 aromatic carbocycles. The molecule has 0 radical (unpaired) electrons. The van der Waals surface area contributed by atoms with Gasteiger partial charge < -0.3 is 29.2 Å². The molecule has 10 nitrogen and oxygen atoms in total. The second-order valence-electron chi connectivity index (χ2n) is 10.00. The first kappa shape index (κ1) is 25.4. The number of aliphatic hydroxyl groups excluding tert-OH is 1. The number of hydrogen-bond donors (Lipinski definition) is 2. The van der Waals surface area contributed by atoms with Crippen molar-refractivity contribution in [1.29, 1.82) is 0 Å². The molecule has 5 heterocycles. The topological polar surface area (TPSA) is 123 Å². The fourth-order valence-electron chi connectivity index (χ4n) is 5.17. The zero-order chi connectivity index (χ0) is 25.8. The number of ether oxygens (including phenoxy) is 3. The van der Waals surface area contributed by atoms with Gasteiger partial charge in [0.2, 0.25) is 0 Å². The van der Waals surface area contributed by atoms with Gasteiger partial charge in [0.05, 0.1) is 18.6 Å². The molecule has 2 saturated heterocycles. The number of hydrogen-bond acceptors (Lipinski definition) is 9. The van der Waals surface area contributed by atoms with Crippen LogP contribution in [0.4, 0.5) is 5.82 Å². The molecule has 0 spiro atoms. The van der Waals surface area contributed by atoms with Crippen LogP contribution >= 0.6 is 0 Å². The summed E-state index contributed by atoms with van der Waals surface area (Å²) in [6.45, 7) is 4.46. The summed E-state index contributed by atoms with van der Waals surface area (Å²) in [5, 5.41) is 10.4. The third kappa shape index (κ3) is 5.70. The number of Topliss-reactive ketones (excluding diaryl/α,β-unsaturated/α-hetero) is 1. The molecule has 3 aromatic rings. The van der Waals surface area contributed by atoms with Crippen molar-refractivity contribution >= 4 is 22.6 Å². The van der Waals surface area contributed by atoms with E-state index in [2.05, 4.69) is 24.8 Å². The molecule has 10 heteroatoms. The molecule has 0 bridgehead atoms. The number of rotatable bonds is 10. The molecule has 2 fully saturated rings. The number of aromatic nitrogens is 4. The molecule has 3 aromatic heterocycles. The molecule has 2 N–H and O–H groups in total. The maximum atomic E-state index is 12.9. The predicted octanol–water partition coefficient (Wildman–Crippen LogP) is 3.50. The van der Waals surface area contributed by atoms with Crippen LogP contribution in [0.2, 0.25) is 0 Å². The van der Waals surface area contributed by atoms with Gasteiger partial charge in [0, 0.05) is 51.2 Å². The number of carbonyl (C=O) groups excluding carboxylic acids is 1. The lowest BCUT2D eigenvalue weighted by atomic mass is 9.89. The first-order valence-electron chi connectivity index (χ1n) is 13.1. The van der Waals surface area contributed by atoms with E-state index >= 15 is 0 Å². The van der Waals surface area contributed by atoms with Crippen LogP contribution in [0.5, 0.6) is 11.8 Å². The minimum absolute atomic E-state index is 0.0271. The van der Waals surface area contributed by atoms with E-state index in [0.29, 0.717) is 24.0 Å². The van der Waals surface area contributed by atoms with Crippen molar-refractivity contribution in [2.45, 2.75) is 51.0 Å². The molecule has 2 aliphatic rings. The molecule has 5 rings (SSSR count). The summed E-state index contributed by atoms with van der Waals surface area (Å²) in [6, 6.07) is 3.84. The third-order valence-electron chi connectivity index (χ3n) is 7.29. The summed E-state index contributed by atoms with van der Waals surface area (Å²) in [7, 11) is 1.68. The smallest absolute Gasteiger partial charge is 0.319 e. The number of carbonyl (C=O) groups is 1. The van der Waals surface area contributed by atoms with Crippen LogP contribution in [0.15, 0.2) is 24.5 Å². The summed E-state index contributed by atoms with van der Waals surface area (Å²) >= 11 is 0. The number of ketones is 1. The Labute approximate surface area is 216 Å². The minimum Gasteiger partial charge on any atom is -0.496 e. The van der Waals surface area contributed by atoms with E-state index in [1.165, 1.54) is 5.56 Å². The highest BCUT2D eigenvalue weighted by atomic mass is 16.5. The summed E-state index contributed by atoms with van der Waals surface area (Å²) in [6.07, 6.45) is 7.85. The van der Waals surface area contributed by atoms with Crippen LogP contribution in [-0.4, -0.2) is 76.9 Å². The molecule has 0 aliphatic carbocycles. The van der Waals surface area contributed by atoms with E-state index in [-0.39, 0.29) is 36.8 Å². The van der Waals surface area contributed by atoms with Gasteiger partial charge in [0.1, 0.15) is 29.5 Å². The van der Waals surface area contributed by atoms with Gasteiger partial charge in [0.15, 0.2) is 5.78 Å². The number of fused-ring (bicyclic) bond motifs is 1. The summed E-state index contributed by atoms with van der Waals surface area (Å²) < 4.78 is 17.1. The highest BCUT2D eigenvalue weighted by Crippen LogP contribution is 2.37. The Balaban J connectivity index is 1.33. The van der Waals surface area contributed by atoms with Gasteiger partial charge >= 0.3 is 6.01 Å². The normalized spacial score (nSPS) is 19.3. The number of aromatic amines is 1. The molecule has 2 aliphatic heterocycles. The summed E-state index contributed by atoms with van der Waals surface area (Å²) in [4.78, 5) is 31.9. The van der Waals surface area contributed by atoms with Crippen molar-refractivity contribution in [1.82, 2.24) is 19.9 Å². The highest BCUT2D eigenvalue weighted by Gasteiger charge is 2.27. The van der Waals surface area contributed by atoms with Gasteiger partial charge in [-0.2, -0.15) is 9.97 Å². The van der Waals surface area contributed by atoms with Crippen LogP contribution in [0.3, 0.4) is 0 Å². The van der Waals surface area contributed by atoms with E-state index in [0.717, 1.165) is 62.2 Å². The summed E-state index contributed by atoms with van der Waals surface area (Å²) in [5.41, 5.74) is 2.37. The standard InChI is InChI=1S/C27H35N5O5/c1-17(15-33)12-22(34)21-13-24(31-27(30-21)37-16-19-4-3-11-36-19)32-9-6-18(7-10-32)20-14-29-26-25(20)23(35-2)5-8-28-26/h5,8,13-14,17-19,33H,3-4,6-7,9-12,15-16H2,1-2H3,(H,28,29)/t17-,19+/m0/s1. The van der Waals surface area contributed by atoms with Crippen molar-refractivity contribution in [3.63, 3.8) is 0 Å². The number of aliphatic hydroxyl groups is 1. The van der Waals surface area contributed by atoms with Gasteiger partial charge in [-0.1, -0.05) is 6.92 Å². The second-order valence-corrected chi connectivity index (χ2v) is 10.00. The average molecular weight is 510 g/mol. The lowest BCUT2D eigenvalue weighted by Gasteiger charge is -2.33. The Bertz CT molecular complexity index is 1220. The third-order valence-corrected chi connectivity index (χ3v) is 7.29. The Morgan fingerprint density at radius 2 is 2.14 bits per heavy atom. The summed E-state index contributed by atoms with van der Waals surface area (Å²) in [5.74, 6) is 1.61. The quantitative estimate of drug-likeness (QED) is 0.395. The maximum absolute atomic E-state index is 12.9. The van der Waals surface area contributed by atoms with Gasteiger partial charge in [-0.3, -0.25) is 4.79 Å². The Morgan fingerprint density at radius 1 is 1.30 bits per heavy atom. The molecule has 0 unspecified atom stereocenters. The first-order valence-corrected chi connectivity index (χ1v) is 13.1. The number of methoxy groups -OCH3 is 1. The number of H-pyrrole nitrogens is 1. The van der Waals surface area contributed by atoms with Gasteiger partial charge in [0.25, 0.3) is 0 Å². The van der Waals surface area contributed by atoms with Crippen molar-refractivity contribution in [2.24, 2.45) is 5.92 Å². The maximum Gasteiger partial charge on any atom is 0.319 e. The fraction of sp³-hybridized carbons (Fsp3) is 0.556. The van der Waals surface area contributed by atoms with Gasteiger partial charge in [-0.25, -0.2) is 4.98 Å². The fourth-order valence-corrected chi connectivity index (χ4v) is 5.17. The number of piperidine rings is 1. The lowest BCUT2D eigenvalue weighted by Crippen LogP contribution is -2.34. The Kier molecular flexibility index (Phi) is 7.85. The van der Waals surface area contributed by atoms with Crippen LogP contribution in [0, 0.1) is 5.92 Å². The van der Waals surface area contributed by atoms with Gasteiger partial charge in [-0.15, -0.1) is 0 Å². The highest BCUT2D eigenvalue weighted by molar-refractivity contribution is 5.95. The molecular formula is C27H35N5O5. The number of anilines is 1. The Hall–Kier alpha value is -3.24. The van der Waals surface area contributed by atoms with E-state index in [4.69, 9.17) is 14.2 Å². The zero-order valence-corrected chi connectivity index (χ0v) is 21.5. The first-order chi connectivity index (χ1) is 18.1. The molecule has 0 saturated carbocycles. The number of nitrogens with one attached hydrogen (secondary N) is 1. The average Bonchev–Trinajstić information content (AvgIpc) is 3.62. The Morgan fingerprint density at radius 3 is 2.86 bits per heavy atom. The van der Waals surface area contributed by atoms with Crippen molar-refractivity contribution < 1.29 is 24.1 Å². The van der Waals surface area contributed by atoms with Gasteiger partial charge in [-0.05, 0) is 49.1 Å². The largest absolute Gasteiger partial charge is 0.496 e. The minimum atomic E-state index is -0.138. The lowest BCUT2D eigenvalue weighted by molar-refractivity contribution is 0.0643. The molecule has 198 valence electrons. The van der Waals surface area contributed by atoms with Crippen molar-refractivity contribution in [3.05, 3.63) is 35.8 Å². The van der Waals surface area contributed by atoms with E-state index < -0.39 is 0 Å². The van der Waals surface area contributed by atoms with Crippen LogP contribution in [0.25, 0.3) is 11.0 Å². The molecule has 37 heavy (non-hydrogen) atoms. The second kappa shape index (κ2) is 11.4. The van der Waals surface area contributed by atoms with Crippen LogP contribution in [0.1, 0.15) is 61.0 Å². The predicted molar refractivity (Wildman–Crippen MR) is 139 cm³/mol. The molecular weight excluding hydrogens is 474 g/mol. The van der Waals surface area contributed by atoms with E-state index in [1.54, 1.807) is 19.4 Å². The molecule has 2 atom stereocenters. The SMILES string of the molecule is COc1ccnc2[nH]cc(C3CCN(c4cc(C(=O)C[C@H](C)CO)nc(OC[C@H]5CCCO5)n4)CC3)c12. The monoisotopic (exact) mass is 509 g/mol. The van der Waals surface area contributed by atoms with Crippen LogP contribution < -0.4 is 14.4 Å². The molecule has 0 amide bonds. The van der Waals surface area contributed by atoms with Crippen LogP contribution in [-0.2, 0) is 4.74 Å².